The largest absolute Gasteiger partial charge is 0.354 e. The van der Waals surface area contributed by atoms with E-state index in [1.807, 2.05) is 30.3 Å². The molecule has 9 nitrogen and oxygen atoms in total. The smallest absolute Gasteiger partial charge is 0.269 e. The summed E-state index contributed by atoms with van der Waals surface area (Å²) in [6, 6.07) is 15.6. The lowest BCUT2D eigenvalue weighted by molar-refractivity contribution is -0.384. The first kappa shape index (κ1) is 19.7. The zero-order valence-electron chi connectivity index (χ0n) is 15.4. The van der Waals surface area contributed by atoms with Crippen LogP contribution in [0.1, 0.15) is 15.9 Å². The summed E-state index contributed by atoms with van der Waals surface area (Å²) < 4.78 is 1.43. The lowest BCUT2D eigenvalue weighted by atomic mass is 10.1. The van der Waals surface area contributed by atoms with Crippen LogP contribution >= 0.6 is 0 Å². The zero-order valence-corrected chi connectivity index (χ0v) is 15.4. The number of carbonyl (C=O) groups is 2. The number of non-ortho nitro benzene ring substituents is 1. The molecule has 0 atom stereocenters. The molecule has 1 heterocycles. The third-order valence-electron chi connectivity index (χ3n) is 4.16. The number of amides is 2. The molecule has 0 fully saturated rings. The molecule has 3 aromatic rings. The van der Waals surface area contributed by atoms with Crippen molar-refractivity contribution in [3.05, 3.63) is 88.2 Å². The third-order valence-corrected chi connectivity index (χ3v) is 4.16. The van der Waals surface area contributed by atoms with Gasteiger partial charge < -0.3 is 10.6 Å². The van der Waals surface area contributed by atoms with Crippen molar-refractivity contribution in [2.24, 2.45) is 0 Å². The molecule has 0 aliphatic heterocycles. The quantitative estimate of drug-likeness (QED) is 0.447. The summed E-state index contributed by atoms with van der Waals surface area (Å²) in [5.74, 6) is -0.714. The first-order valence-electron chi connectivity index (χ1n) is 8.91. The molecule has 2 aromatic carbocycles. The second-order valence-corrected chi connectivity index (χ2v) is 6.22. The molecule has 2 amide bonds. The topological polar surface area (TPSA) is 119 Å². The highest BCUT2D eigenvalue weighted by Crippen LogP contribution is 2.15. The van der Waals surface area contributed by atoms with Crippen LogP contribution in [0.25, 0.3) is 5.69 Å². The third kappa shape index (κ3) is 5.48. The fraction of sp³-hybridized carbons (Fsp3) is 0.150. The molecule has 0 radical (unpaired) electrons. The van der Waals surface area contributed by atoms with Crippen molar-refractivity contribution in [3.8, 4) is 5.69 Å². The molecule has 3 rings (SSSR count). The normalized spacial score (nSPS) is 10.3. The van der Waals surface area contributed by atoms with Gasteiger partial charge >= 0.3 is 0 Å². The van der Waals surface area contributed by atoms with Crippen molar-refractivity contribution in [1.29, 1.82) is 0 Å². The minimum Gasteiger partial charge on any atom is -0.354 e. The second kappa shape index (κ2) is 9.27. The van der Waals surface area contributed by atoms with Crippen LogP contribution in [0.15, 0.2) is 67.0 Å². The molecule has 0 bridgehead atoms. The van der Waals surface area contributed by atoms with Crippen molar-refractivity contribution < 1.29 is 14.5 Å². The molecule has 2 N–H and O–H groups in total. The number of hydrogen-bond acceptors (Lipinski definition) is 5. The molecule has 0 unspecified atom stereocenters. The molecular formula is C20H19N5O4. The monoisotopic (exact) mass is 393 g/mol. The lowest BCUT2D eigenvalue weighted by Gasteiger charge is -2.06. The Morgan fingerprint density at radius 2 is 1.76 bits per heavy atom. The summed E-state index contributed by atoms with van der Waals surface area (Å²) in [5.41, 5.74) is 1.95. The van der Waals surface area contributed by atoms with Crippen LogP contribution in [0, 0.1) is 10.1 Å². The van der Waals surface area contributed by atoms with E-state index in [1.54, 1.807) is 0 Å². The fourth-order valence-electron chi connectivity index (χ4n) is 2.62. The molecular weight excluding hydrogens is 374 g/mol. The average molecular weight is 393 g/mol. The molecule has 0 aliphatic rings. The van der Waals surface area contributed by atoms with Gasteiger partial charge in [0.1, 0.15) is 0 Å². The number of carbonyl (C=O) groups excluding carboxylic acids is 2. The number of nitro benzene ring substituents is 1. The Bertz CT molecular complexity index is 999. The minimum absolute atomic E-state index is 0.0304. The van der Waals surface area contributed by atoms with Crippen LogP contribution in [0.2, 0.25) is 0 Å². The van der Waals surface area contributed by atoms with Gasteiger partial charge in [0, 0.05) is 24.9 Å². The Hall–Kier alpha value is -4.01. The maximum absolute atomic E-state index is 12.2. The highest BCUT2D eigenvalue weighted by Gasteiger charge is 2.12. The highest BCUT2D eigenvalue weighted by molar-refractivity contribution is 5.96. The number of hydrogen-bond donors (Lipinski definition) is 2. The number of aromatic nitrogens is 2. The van der Waals surface area contributed by atoms with E-state index in [-0.39, 0.29) is 23.7 Å². The number of nitrogens with zero attached hydrogens (tertiary/aromatic N) is 3. The summed E-state index contributed by atoms with van der Waals surface area (Å²) in [6.07, 6.45) is 3.57. The maximum atomic E-state index is 12.2. The molecule has 1 aromatic heterocycles. The van der Waals surface area contributed by atoms with Crippen LogP contribution in [-0.2, 0) is 11.2 Å². The van der Waals surface area contributed by atoms with Crippen molar-refractivity contribution in [3.63, 3.8) is 0 Å². The van der Waals surface area contributed by atoms with Crippen molar-refractivity contribution in [2.45, 2.75) is 6.42 Å². The van der Waals surface area contributed by atoms with Crippen LogP contribution in [0.4, 0.5) is 5.69 Å². The molecule has 0 spiro atoms. The summed E-state index contributed by atoms with van der Waals surface area (Å²) in [4.78, 5) is 34.3. The number of rotatable bonds is 8. The van der Waals surface area contributed by atoms with Crippen LogP contribution in [-0.4, -0.2) is 39.6 Å². The summed E-state index contributed by atoms with van der Waals surface area (Å²) in [6.45, 7) is 0.340. The van der Waals surface area contributed by atoms with E-state index < -0.39 is 10.8 Å². The predicted molar refractivity (Wildman–Crippen MR) is 106 cm³/mol. The highest BCUT2D eigenvalue weighted by atomic mass is 16.6. The van der Waals surface area contributed by atoms with Crippen molar-refractivity contribution in [1.82, 2.24) is 20.4 Å². The van der Waals surface area contributed by atoms with Gasteiger partial charge in [0.15, 0.2) is 0 Å². The molecule has 148 valence electrons. The minimum atomic E-state index is -0.489. The molecule has 0 saturated heterocycles. The molecule has 0 saturated carbocycles. The van der Waals surface area contributed by atoms with Gasteiger partial charge in [0.2, 0.25) is 5.91 Å². The summed E-state index contributed by atoms with van der Waals surface area (Å²) >= 11 is 0. The molecule has 9 heteroatoms. The van der Waals surface area contributed by atoms with Crippen molar-refractivity contribution in [2.75, 3.05) is 13.1 Å². The predicted octanol–water partition coefficient (Wildman–Crippen LogP) is 1.87. The zero-order chi connectivity index (χ0) is 20.6. The Balaban J connectivity index is 1.47. The van der Waals surface area contributed by atoms with Gasteiger partial charge in [0.25, 0.3) is 11.6 Å². The van der Waals surface area contributed by atoms with E-state index in [4.69, 9.17) is 0 Å². The van der Waals surface area contributed by atoms with E-state index in [0.29, 0.717) is 18.7 Å². The van der Waals surface area contributed by atoms with Gasteiger partial charge in [-0.15, -0.1) is 0 Å². The van der Waals surface area contributed by atoms with Crippen molar-refractivity contribution >= 4 is 17.5 Å². The van der Waals surface area contributed by atoms with Gasteiger partial charge in [-0.1, -0.05) is 30.3 Å². The van der Waals surface area contributed by atoms with Gasteiger partial charge in [0.05, 0.1) is 28.9 Å². The van der Waals surface area contributed by atoms with Gasteiger partial charge in [-0.25, -0.2) is 4.68 Å². The Kier molecular flexibility index (Phi) is 6.31. The van der Waals surface area contributed by atoms with E-state index in [9.17, 15) is 19.7 Å². The molecule has 0 aliphatic carbocycles. The first-order chi connectivity index (χ1) is 14.0. The SMILES string of the molecule is O=C(CNC(=O)c1cnn(-c2ccc([N+](=O)[O-])cc2)c1)NCCc1ccccc1. The summed E-state index contributed by atoms with van der Waals surface area (Å²) in [5, 5.41) is 20.1. The second-order valence-electron chi connectivity index (χ2n) is 6.22. The van der Waals surface area contributed by atoms with E-state index in [0.717, 1.165) is 5.56 Å². The van der Waals surface area contributed by atoms with E-state index >= 15 is 0 Å². The lowest BCUT2D eigenvalue weighted by Crippen LogP contribution is -2.37. The summed E-state index contributed by atoms with van der Waals surface area (Å²) in [7, 11) is 0. The van der Waals surface area contributed by atoms with Gasteiger partial charge in [-0.3, -0.25) is 19.7 Å². The Morgan fingerprint density at radius 3 is 2.45 bits per heavy atom. The number of nitro groups is 1. The van der Waals surface area contributed by atoms with E-state index in [2.05, 4.69) is 15.7 Å². The number of nitrogens with one attached hydrogen (secondary N) is 2. The average Bonchev–Trinajstić information content (AvgIpc) is 3.23. The molecule has 29 heavy (non-hydrogen) atoms. The van der Waals surface area contributed by atoms with Gasteiger partial charge in [-0.05, 0) is 24.1 Å². The Morgan fingerprint density at radius 1 is 1.03 bits per heavy atom. The maximum Gasteiger partial charge on any atom is 0.269 e. The number of benzene rings is 2. The van der Waals surface area contributed by atoms with Gasteiger partial charge in [-0.2, -0.15) is 5.10 Å². The first-order valence-corrected chi connectivity index (χ1v) is 8.91. The Labute approximate surface area is 166 Å². The fourth-order valence-corrected chi connectivity index (χ4v) is 2.62. The van der Waals surface area contributed by atoms with Crippen LogP contribution in [0.3, 0.4) is 0 Å². The standard InChI is InChI=1S/C20H19N5O4/c26-19(21-11-10-15-4-2-1-3-5-15)13-22-20(27)16-12-23-24(14-16)17-6-8-18(9-7-17)25(28)29/h1-9,12,14H,10-11,13H2,(H,21,26)(H,22,27). The van der Waals surface area contributed by atoms with E-state index in [1.165, 1.54) is 41.3 Å². The van der Waals surface area contributed by atoms with Crippen LogP contribution < -0.4 is 10.6 Å². The van der Waals surface area contributed by atoms with Crippen LogP contribution in [0.5, 0.6) is 0 Å².